The minimum atomic E-state index is 0.959. The second kappa shape index (κ2) is 2.68. The Morgan fingerprint density at radius 2 is 2.45 bits per heavy atom. The topological polar surface area (TPSA) is 28.7 Å². The summed E-state index contributed by atoms with van der Waals surface area (Å²) in [6, 6.07) is 0. The van der Waals surface area contributed by atoms with Gasteiger partial charge < -0.3 is 0 Å². The van der Waals surface area contributed by atoms with Crippen molar-refractivity contribution < 1.29 is 0 Å². The third-order valence-corrected chi connectivity index (χ3v) is 2.38. The van der Waals surface area contributed by atoms with Crippen LogP contribution in [0.15, 0.2) is 6.20 Å². The van der Waals surface area contributed by atoms with E-state index in [-0.39, 0.29) is 0 Å². The number of aromatic nitrogens is 2. The van der Waals surface area contributed by atoms with Gasteiger partial charge in [0.2, 0.25) is 0 Å². The fourth-order valence-electron chi connectivity index (χ4n) is 1.43. The second-order valence-electron chi connectivity index (χ2n) is 3.37. The number of rotatable bonds is 3. The molecule has 2 rings (SSSR count). The first-order valence-corrected chi connectivity index (χ1v) is 4.41. The van der Waals surface area contributed by atoms with Gasteiger partial charge in [-0.1, -0.05) is 6.92 Å². The zero-order chi connectivity index (χ0) is 7.68. The van der Waals surface area contributed by atoms with Crippen LogP contribution in [0.5, 0.6) is 0 Å². The lowest BCUT2D eigenvalue weighted by atomic mass is 10.1. The largest absolute Gasteiger partial charge is 0.282 e. The predicted octanol–water partition coefficient (Wildman–Crippen LogP) is 1.92. The van der Waals surface area contributed by atoms with Gasteiger partial charge in [-0.3, -0.25) is 5.10 Å². The summed E-state index contributed by atoms with van der Waals surface area (Å²) in [5.41, 5.74) is 2.77. The molecule has 11 heavy (non-hydrogen) atoms. The molecule has 1 aromatic heterocycles. The van der Waals surface area contributed by atoms with Gasteiger partial charge in [-0.25, -0.2) is 0 Å². The molecule has 1 fully saturated rings. The van der Waals surface area contributed by atoms with Crippen LogP contribution in [0.1, 0.15) is 31.0 Å². The molecule has 1 heterocycles. The van der Waals surface area contributed by atoms with Gasteiger partial charge in [0.15, 0.2) is 0 Å². The second-order valence-corrected chi connectivity index (χ2v) is 3.37. The Morgan fingerprint density at radius 1 is 1.64 bits per heavy atom. The van der Waals surface area contributed by atoms with Gasteiger partial charge in [0.1, 0.15) is 0 Å². The molecule has 1 N–H and O–H groups in total. The molecule has 0 unspecified atom stereocenters. The fourth-order valence-corrected chi connectivity index (χ4v) is 1.43. The van der Waals surface area contributed by atoms with Crippen LogP contribution >= 0.6 is 0 Å². The molecule has 1 aliphatic carbocycles. The predicted molar refractivity (Wildman–Crippen MR) is 44.4 cm³/mol. The van der Waals surface area contributed by atoms with Crippen molar-refractivity contribution in [2.75, 3.05) is 0 Å². The Hall–Kier alpha value is -0.790. The highest BCUT2D eigenvalue weighted by molar-refractivity contribution is 5.17. The molecule has 0 radical (unpaired) electrons. The van der Waals surface area contributed by atoms with Gasteiger partial charge in [-0.2, -0.15) is 5.10 Å². The van der Waals surface area contributed by atoms with E-state index < -0.39 is 0 Å². The molecule has 1 aromatic rings. The normalized spacial score (nSPS) is 17.2. The molecule has 2 heteroatoms. The highest BCUT2D eigenvalue weighted by Gasteiger charge is 2.22. The highest BCUT2D eigenvalue weighted by Crippen LogP contribution is 2.32. The molecule has 0 aromatic carbocycles. The molecule has 0 aliphatic heterocycles. The minimum Gasteiger partial charge on any atom is -0.282 e. The SMILES string of the molecule is CCc1cn[nH]c1CC1CC1. The lowest BCUT2D eigenvalue weighted by Gasteiger charge is -1.96. The summed E-state index contributed by atoms with van der Waals surface area (Å²) in [6.45, 7) is 2.18. The van der Waals surface area contributed by atoms with E-state index in [4.69, 9.17) is 0 Å². The molecule has 60 valence electrons. The van der Waals surface area contributed by atoms with E-state index in [1.165, 1.54) is 30.5 Å². The quantitative estimate of drug-likeness (QED) is 0.700. The maximum Gasteiger partial charge on any atom is 0.0522 e. The summed E-state index contributed by atoms with van der Waals surface area (Å²) in [4.78, 5) is 0. The number of hydrogen-bond donors (Lipinski definition) is 1. The molecule has 0 spiro atoms. The van der Waals surface area contributed by atoms with E-state index >= 15 is 0 Å². The molecule has 0 bridgehead atoms. The van der Waals surface area contributed by atoms with Crippen molar-refractivity contribution in [3.05, 3.63) is 17.5 Å². The number of hydrogen-bond acceptors (Lipinski definition) is 1. The monoisotopic (exact) mass is 150 g/mol. The Balaban J connectivity index is 2.07. The number of aryl methyl sites for hydroxylation is 1. The summed E-state index contributed by atoms with van der Waals surface area (Å²) in [5.74, 6) is 0.959. The first-order valence-electron chi connectivity index (χ1n) is 4.41. The van der Waals surface area contributed by atoms with Crippen LogP contribution < -0.4 is 0 Å². The summed E-state index contributed by atoms with van der Waals surface area (Å²) in [7, 11) is 0. The molecule has 0 saturated heterocycles. The van der Waals surface area contributed by atoms with Crippen LogP contribution in [0.4, 0.5) is 0 Å². The van der Waals surface area contributed by atoms with E-state index in [0.29, 0.717) is 0 Å². The van der Waals surface area contributed by atoms with Crippen molar-refractivity contribution >= 4 is 0 Å². The van der Waals surface area contributed by atoms with Crippen molar-refractivity contribution in [2.45, 2.75) is 32.6 Å². The lowest BCUT2D eigenvalue weighted by molar-refractivity contribution is 0.787. The van der Waals surface area contributed by atoms with Gasteiger partial charge in [0.05, 0.1) is 6.20 Å². The third-order valence-electron chi connectivity index (χ3n) is 2.38. The number of nitrogens with one attached hydrogen (secondary N) is 1. The smallest absolute Gasteiger partial charge is 0.0522 e. The first-order chi connectivity index (χ1) is 5.40. The standard InChI is InChI=1S/C9H14N2/c1-2-8-6-10-11-9(8)5-7-3-4-7/h6-7H,2-5H2,1H3,(H,10,11). The summed E-state index contributed by atoms with van der Waals surface area (Å²) < 4.78 is 0. The van der Waals surface area contributed by atoms with Crippen LogP contribution in [0.25, 0.3) is 0 Å². The summed E-state index contributed by atoms with van der Waals surface area (Å²) >= 11 is 0. The van der Waals surface area contributed by atoms with E-state index in [1.807, 2.05) is 6.20 Å². The molecule has 2 nitrogen and oxygen atoms in total. The molecular weight excluding hydrogens is 136 g/mol. The first kappa shape index (κ1) is 6.89. The van der Waals surface area contributed by atoms with Crippen molar-refractivity contribution in [2.24, 2.45) is 5.92 Å². The van der Waals surface area contributed by atoms with Crippen LogP contribution in [0.3, 0.4) is 0 Å². The van der Waals surface area contributed by atoms with Crippen molar-refractivity contribution in [3.8, 4) is 0 Å². The molecule has 0 amide bonds. The van der Waals surface area contributed by atoms with E-state index in [2.05, 4.69) is 17.1 Å². The average Bonchev–Trinajstić information content (AvgIpc) is 2.68. The molecule has 1 saturated carbocycles. The molecule has 0 atom stereocenters. The van der Waals surface area contributed by atoms with Gasteiger partial charge in [0, 0.05) is 5.69 Å². The van der Waals surface area contributed by atoms with Gasteiger partial charge in [-0.05, 0) is 37.2 Å². The summed E-state index contributed by atoms with van der Waals surface area (Å²) in [6.07, 6.45) is 7.13. The lowest BCUT2D eigenvalue weighted by Crippen LogP contribution is -1.91. The zero-order valence-electron chi connectivity index (χ0n) is 6.93. The maximum absolute atomic E-state index is 4.05. The average molecular weight is 150 g/mol. The van der Waals surface area contributed by atoms with Crippen LogP contribution in [-0.2, 0) is 12.8 Å². The van der Waals surface area contributed by atoms with E-state index in [0.717, 1.165) is 12.3 Å². The van der Waals surface area contributed by atoms with Crippen molar-refractivity contribution in [3.63, 3.8) is 0 Å². The number of nitrogens with zero attached hydrogens (tertiary/aromatic N) is 1. The van der Waals surface area contributed by atoms with Gasteiger partial charge >= 0.3 is 0 Å². The Kier molecular flexibility index (Phi) is 1.68. The zero-order valence-corrected chi connectivity index (χ0v) is 6.93. The Morgan fingerprint density at radius 3 is 3.09 bits per heavy atom. The number of aromatic amines is 1. The number of H-pyrrole nitrogens is 1. The highest BCUT2D eigenvalue weighted by atomic mass is 15.1. The van der Waals surface area contributed by atoms with Crippen LogP contribution in [-0.4, -0.2) is 10.2 Å². The molecular formula is C9H14N2. The van der Waals surface area contributed by atoms with Crippen LogP contribution in [0.2, 0.25) is 0 Å². The van der Waals surface area contributed by atoms with Crippen molar-refractivity contribution in [1.29, 1.82) is 0 Å². The fraction of sp³-hybridized carbons (Fsp3) is 0.667. The molecule has 1 aliphatic rings. The maximum atomic E-state index is 4.05. The minimum absolute atomic E-state index is 0.959. The Labute approximate surface area is 67.0 Å². The van der Waals surface area contributed by atoms with Gasteiger partial charge in [0.25, 0.3) is 0 Å². The van der Waals surface area contributed by atoms with Crippen LogP contribution in [0, 0.1) is 5.92 Å². The summed E-state index contributed by atoms with van der Waals surface area (Å²) in [5, 5.41) is 7.13. The van der Waals surface area contributed by atoms with E-state index in [9.17, 15) is 0 Å². The Bertz CT molecular complexity index is 235. The van der Waals surface area contributed by atoms with E-state index in [1.54, 1.807) is 0 Å². The van der Waals surface area contributed by atoms with Crippen molar-refractivity contribution in [1.82, 2.24) is 10.2 Å². The van der Waals surface area contributed by atoms with Gasteiger partial charge in [-0.15, -0.1) is 0 Å². The third kappa shape index (κ3) is 1.44.